The standard InChI is InChI=1S/C8H8F3NO2/c1-13-5-3-6(8(9,10)11)7(14-2)12-4-5/h3-4H,1-2H3. The predicted molar refractivity (Wildman–Crippen MR) is 42.3 cm³/mol. The van der Waals surface area contributed by atoms with Crippen LogP contribution in [-0.2, 0) is 6.18 Å². The summed E-state index contributed by atoms with van der Waals surface area (Å²) in [7, 11) is 2.40. The van der Waals surface area contributed by atoms with Crippen molar-refractivity contribution < 1.29 is 22.6 Å². The van der Waals surface area contributed by atoms with E-state index in [-0.39, 0.29) is 5.75 Å². The number of hydrogen-bond donors (Lipinski definition) is 0. The van der Waals surface area contributed by atoms with E-state index in [1.807, 2.05) is 0 Å². The number of aromatic nitrogens is 1. The Morgan fingerprint density at radius 1 is 1.21 bits per heavy atom. The van der Waals surface area contributed by atoms with E-state index in [0.29, 0.717) is 0 Å². The maximum atomic E-state index is 12.4. The Balaban J connectivity index is 3.22. The molecule has 1 aromatic heterocycles. The van der Waals surface area contributed by atoms with Gasteiger partial charge in [0.05, 0.1) is 20.4 Å². The monoisotopic (exact) mass is 207 g/mol. The van der Waals surface area contributed by atoms with Gasteiger partial charge < -0.3 is 9.47 Å². The molecule has 0 aliphatic rings. The normalized spacial score (nSPS) is 11.2. The van der Waals surface area contributed by atoms with Crippen LogP contribution in [0.25, 0.3) is 0 Å². The second-order valence-corrected chi connectivity index (χ2v) is 2.43. The minimum absolute atomic E-state index is 0.0399. The van der Waals surface area contributed by atoms with Crippen molar-refractivity contribution in [2.75, 3.05) is 14.2 Å². The zero-order chi connectivity index (χ0) is 10.8. The van der Waals surface area contributed by atoms with E-state index >= 15 is 0 Å². The van der Waals surface area contributed by atoms with Crippen LogP contribution in [0.2, 0.25) is 0 Å². The van der Waals surface area contributed by atoms with Crippen molar-refractivity contribution in [3.05, 3.63) is 17.8 Å². The summed E-state index contributed by atoms with van der Waals surface area (Å²) in [6.45, 7) is 0. The Morgan fingerprint density at radius 2 is 1.86 bits per heavy atom. The molecular formula is C8H8F3NO2. The highest BCUT2D eigenvalue weighted by Crippen LogP contribution is 2.36. The zero-order valence-corrected chi connectivity index (χ0v) is 7.55. The lowest BCUT2D eigenvalue weighted by molar-refractivity contribution is -0.139. The van der Waals surface area contributed by atoms with Crippen LogP contribution < -0.4 is 9.47 Å². The number of pyridine rings is 1. The molecule has 0 aromatic carbocycles. The highest BCUT2D eigenvalue weighted by Gasteiger charge is 2.35. The van der Waals surface area contributed by atoms with Gasteiger partial charge in [-0.25, -0.2) is 4.98 Å². The molecule has 0 aliphatic carbocycles. The summed E-state index contributed by atoms with van der Waals surface area (Å²) in [4.78, 5) is 3.47. The zero-order valence-electron chi connectivity index (χ0n) is 7.55. The number of methoxy groups -OCH3 is 2. The third kappa shape index (κ3) is 2.07. The number of hydrogen-bond acceptors (Lipinski definition) is 3. The maximum absolute atomic E-state index is 12.4. The van der Waals surface area contributed by atoms with Gasteiger partial charge in [-0.15, -0.1) is 0 Å². The van der Waals surface area contributed by atoms with E-state index in [1.54, 1.807) is 0 Å². The fourth-order valence-electron chi connectivity index (χ4n) is 0.910. The smallest absolute Gasteiger partial charge is 0.421 e. The van der Waals surface area contributed by atoms with Crippen LogP contribution in [-0.4, -0.2) is 19.2 Å². The average molecular weight is 207 g/mol. The second-order valence-electron chi connectivity index (χ2n) is 2.43. The van der Waals surface area contributed by atoms with Crippen LogP contribution >= 0.6 is 0 Å². The van der Waals surface area contributed by atoms with Crippen molar-refractivity contribution in [2.24, 2.45) is 0 Å². The first kappa shape index (κ1) is 10.6. The topological polar surface area (TPSA) is 31.4 Å². The van der Waals surface area contributed by atoms with E-state index in [1.165, 1.54) is 7.11 Å². The van der Waals surface area contributed by atoms with Gasteiger partial charge in [-0.1, -0.05) is 0 Å². The van der Waals surface area contributed by atoms with Gasteiger partial charge >= 0.3 is 6.18 Å². The van der Waals surface area contributed by atoms with Gasteiger partial charge in [-0.05, 0) is 6.07 Å². The molecule has 0 saturated carbocycles. The maximum Gasteiger partial charge on any atom is 0.421 e. The van der Waals surface area contributed by atoms with Crippen LogP contribution in [0.3, 0.4) is 0 Å². The van der Waals surface area contributed by atoms with Gasteiger partial charge in [0.25, 0.3) is 0 Å². The molecular weight excluding hydrogens is 199 g/mol. The molecule has 0 bridgehead atoms. The molecule has 0 amide bonds. The van der Waals surface area contributed by atoms with Gasteiger partial charge in [0.1, 0.15) is 11.3 Å². The molecule has 0 fully saturated rings. The molecule has 1 heterocycles. The van der Waals surface area contributed by atoms with Gasteiger partial charge in [0.2, 0.25) is 5.88 Å². The summed E-state index contributed by atoms with van der Waals surface area (Å²) in [6, 6.07) is 0.839. The van der Waals surface area contributed by atoms with Crippen molar-refractivity contribution in [1.29, 1.82) is 0 Å². The molecule has 6 heteroatoms. The van der Waals surface area contributed by atoms with Crippen LogP contribution in [0.15, 0.2) is 12.3 Å². The van der Waals surface area contributed by atoms with Crippen LogP contribution in [0.4, 0.5) is 13.2 Å². The summed E-state index contributed by atoms with van der Waals surface area (Å²) < 4.78 is 46.2. The SMILES string of the molecule is COc1cnc(OC)c(C(F)(F)F)c1. The number of nitrogens with zero attached hydrogens (tertiary/aromatic N) is 1. The molecule has 78 valence electrons. The summed E-state index contributed by atoms with van der Waals surface area (Å²) >= 11 is 0. The number of rotatable bonds is 2. The Labute approximate surface area is 78.5 Å². The van der Waals surface area contributed by atoms with E-state index < -0.39 is 17.6 Å². The quantitative estimate of drug-likeness (QED) is 0.744. The second kappa shape index (κ2) is 3.73. The Morgan fingerprint density at radius 3 is 2.29 bits per heavy atom. The molecule has 0 atom stereocenters. The van der Waals surface area contributed by atoms with E-state index in [9.17, 15) is 13.2 Å². The minimum atomic E-state index is -4.49. The van der Waals surface area contributed by atoms with Gasteiger partial charge in [-0.2, -0.15) is 13.2 Å². The lowest BCUT2D eigenvalue weighted by Crippen LogP contribution is -2.09. The van der Waals surface area contributed by atoms with Gasteiger partial charge in [-0.3, -0.25) is 0 Å². The van der Waals surface area contributed by atoms with Gasteiger partial charge in [0.15, 0.2) is 0 Å². The molecule has 1 rings (SSSR count). The first-order valence-electron chi connectivity index (χ1n) is 3.64. The molecule has 0 aliphatic heterocycles. The first-order chi connectivity index (χ1) is 6.49. The summed E-state index contributed by atoms with van der Waals surface area (Å²) in [5.74, 6) is -0.420. The van der Waals surface area contributed by atoms with Crippen molar-refractivity contribution in [2.45, 2.75) is 6.18 Å². The fourth-order valence-corrected chi connectivity index (χ4v) is 0.910. The molecule has 0 saturated heterocycles. The molecule has 0 N–H and O–H groups in total. The molecule has 0 spiro atoms. The average Bonchev–Trinajstić information content (AvgIpc) is 2.15. The van der Waals surface area contributed by atoms with Crippen molar-refractivity contribution >= 4 is 0 Å². The van der Waals surface area contributed by atoms with Crippen LogP contribution in [0, 0.1) is 0 Å². The van der Waals surface area contributed by atoms with E-state index in [4.69, 9.17) is 0 Å². The Bertz CT molecular complexity index is 325. The lowest BCUT2D eigenvalue weighted by Gasteiger charge is -2.11. The molecule has 1 aromatic rings. The number of halogens is 3. The van der Waals surface area contributed by atoms with Crippen molar-refractivity contribution in [3.63, 3.8) is 0 Å². The van der Waals surface area contributed by atoms with E-state index in [2.05, 4.69) is 14.5 Å². The summed E-state index contributed by atoms with van der Waals surface area (Å²) in [6.07, 6.45) is -3.33. The van der Waals surface area contributed by atoms with E-state index in [0.717, 1.165) is 19.4 Å². The molecule has 14 heavy (non-hydrogen) atoms. The number of alkyl halides is 3. The van der Waals surface area contributed by atoms with Crippen LogP contribution in [0.1, 0.15) is 5.56 Å². The van der Waals surface area contributed by atoms with Gasteiger partial charge in [0, 0.05) is 0 Å². The molecule has 0 unspecified atom stereocenters. The molecule has 3 nitrogen and oxygen atoms in total. The van der Waals surface area contributed by atoms with Crippen molar-refractivity contribution in [3.8, 4) is 11.6 Å². The largest absolute Gasteiger partial charge is 0.495 e. The fraction of sp³-hybridized carbons (Fsp3) is 0.375. The Kier molecular flexibility index (Phi) is 2.83. The summed E-state index contributed by atoms with van der Waals surface area (Å²) in [5, 5.41) is 0. The van der Waals surface area contributed by atoms with Crippen LogP contribution in [0.5, 0.6) is 11.6 Å². The predicted octanol–water partition coefficient (Wildman–Crippen LogP) is 2.12. The summed E-state index contributed by atoms with van der Waals surface area (Å²) in [5.41, 5.74) is -0.945. The number of ether oxygens (including phenoxy) is 2. The third-order valence-electron chi connectivity index (χ3n) is 1.56. The minimum Gasteiger partial charge on any atom is -0.495 e. The highest BCUT2D eigenvalue weighted by atomic mass is 19.4. The Hall–Kier alpha value is -1.46. The third-order valence-corrected chi connectivity index (χ3v) is 1.56. The lowest BCUT2D eigenvalue weighted by atomic mass is 10.2. The first-order valence-corrected chi connectivity index (χ1v) is 3.64. The highest BCUT2D eigenvalue weighted by molar-refractivity contribution is 5.35. The van der Waals surface area contributed by atoms with Crippen molar-refractivity contribution in [1.82, 2.24) is 4.98 Å². The molecule has 0 radical (unpaired) electrons.